The molecule has 12 heteroatoms. The van der Waals surface area contributed by atoms with Crippen LogP contribution in [0, 0.1) is 0 Å². The summed E-state index contributed by atoms with van der Waals surface area (Å²) in [6, 6.07) is 0. The number of methoxy groups -OCH3 is 3. The minimum atomic E-state index is -0.838. The van der Waals surface area contributed by atoms with Crippen molar-refractivity contribution in [3.8, 4) is 0 Å². The number of nitrogens with zero attached hydrogens (tertiary/aromatic N) is 5. The van der Waals surface area contributed by atoms with Crippen molar-refractivity contribution < 1.29 is 28.6 Å². The lowest BCUT2D eigenvalue weighted by Crippen LogP contribution is -2.32. The zero-order valence-electron chi connectivity index (χ0n) is 13.2. The van der Waals surface area contributed by atoms with Gasteiger partial charge >= 0.3 is 18.3 Å². The first kappa shape index (κ1) is 17.9. The Morgan fingerprint density at radius 1 is 0.826 bits per heavy atom. The maximum Gasteiger partial charge on any atom is 0.416 e. The van der Waals surface area contributed by atoms with Crippen molar-refractivity contribution in [1.29, 1.82) is 0 Å². The molecule has 0 bridgehead atoms. The van der Waals surface area contributed by atoms with Gasteiger partial charge < -0.3 is 14.2 Å². The van der Waals surface area contributed by atoms with E-state index in [0.717, 1.165) is 16.9 Å². The van der Waals surface area contributed by atoms with Crippen LogP contribution in [0.15, 0.2) is 0 Å². The van der Waals surface area contributed by atoms with Crippen molar-refractivity contribution >= 4 is 36.1 Å². The number of rotatable bonds is 3. The monoisotopic (exact) mass is 328 g/mol. The van der Waals surface area contributed by atoms with Crippen molar-refractivity contribution in [1.82, 2.24) is 15.0 Å². The van der Waals surface area contributed by atoms with Gasteiger partial charge in [-0.25, -0.2) is 24.2 Å². The Kier molecular flexibility index (Phi) is 6.00. The van der Waals surface area contributed by atoms with Gasteiger partial charge in [-0.15, -0.1) is 0 Å². The van der Waals surface area contributed by atoms with Crippen LogP contribution in [0.2, 0.25) is 0 Å². The number of aromatic nitrogens is 3. The van der Waals surface area contributed by atoms with Gasteiger partial charge in [0.2, 0.25) is 17.8 Å². The maximum absolute atomic E-state index is 11.6. The largest absolute Gasteiger partial charge is 0.453 e. The van der Waals surface area contributed by atoms with Crippen LogP contribution in [-0.2, 0) is 14.2 Å². The van der Waals surface area contributed by atoms with E-state index in [1.807, 2.05) is 0 Å². The molecular weight excluding hydrogens is 312 g/mol. The lowest BCUT2D eigenvalue weighted by atomic mass is 10.7. The third-order valence-corrected chi connectivity index (χ3v) is 2.51. The second-order valence-electron chi connectivity index (χ2n) is 3.93. The standard InChI is InChI=1S/C11H16N6O6/c1-16(10(19)22-4)7-12-6(14-9(18)21-3)13-8(15-7)17(2)11(20)23-5/h1-5H3,(H,12,13,14,15,18). The molecule has 0 aliphatic heterocycles. The van der Waals surface area contributed by atoms with Crippen molar-refractivity contribution in [2.45, 2.75) is 0 Å². The SMILES string of the molecule is COC(=O)Nc1nc(N(C)C(=O)OC)nc(N(C)C(=O)OC)n1. The van der Waals surface area contributed by atoms with E-state index in [9.17, 15) is 14.4 Å². The molecule has 1 rings (SSSR count). The van der Waals surface area contributed by atoms with Crippen molar-refractivity contribution in [2.24, 2.45) is 0 Å². The summed E-state index contributed by atoms with van der Waals surface area (Å²) in [5.74, 6) is -0.559. The second kappa shape index (κ2) is 7.72. The zero-order chi connectivity index (χ0) is 17.6. The topological polar surface area (TPSA) is 136 Å². The number of ether oxygens (including phenoxy) is 3. The summed E-state index contributed by atoms with van der Waals surface area (Å²) in [5, 5.41) is 2.22. The molecule has 0 saturated carbocycles. The molecule has 0 aliphatic rings. The Labute approximate surface area is 131 Å². The van der Waals surface area contributed by atoms with Crippen molar-refractivity contribution in [2.75, 3.05) is 50.5 Å². The molecule has 0 fully saturated rings. The highest BCUT2D eigenvalue weighted by atomic mass is 16.5. The minimum Gasteiger partial charge on any atom is -0.453 e. The summed E-state index contributed by atoms with van der Waals surface area (Å²) in [5.41, 5.74) is 0. The summed E-state index contributed by atoms with van der Waals surface area (Å²) < 4.78 is 13.5. The number of hydrogen-bond donors (Lipinski definition) is 1. The summed E-state index contributed by atoms with van der Waals surface area (Å²) in [6.45, 7) is 0. The number of carbonyl (C=O) groups is 3. The van der Waals surface area contributed by atoms with Gasteiger partial charge in [0.25, 0.3) is 0 Å². The predicted octanol–water partition coefficient (Wildman–Crippen LogP) is 0.455. The van der Waals surface area contributed by atoms with Gasteiger partial charge in [-0.05, 0) is 0 Å². The summed E-state index contributed by atoms with van der Waals surface area (Å²) in [4.78, 5) is 48.0. The third kappa shape index (κ3) is 4.39. The quantitative estimate of drug-likeness (QED) is 0.784. The van der Waals surface area contributed by atoms with Crippen LogP contribution < -0.4 is 15.1 Å². The average molecular weight is 328 g/mol. The van der Waals surface area contributed by atoms with Crippen LogP contribution in [0.5, 0.6) is 0 Å². The Morgan fingerprint density at radius 2 is 1.26 bits per heavy atom. The van der Waals surface area contributed by atoms with E-state index in [-0.39, 0.29) is 17.8 Å². The van der Waals surface area contributed by atoms with Gasteiger partial charge in [-0.2, -0.15) is 15.0 Å². The van der Waals surface area contributed by atoms with E-state index in [1.165, 1.54) is 28.3 Å². The Bertz CT molecular complexity index is 568. The first-order chi connectivity index (χ1) is 10.8. The molecular formula is C11H16N6O6. The van der Waals surface area contributed by atoms with E-state index >= 15 is 0 Å². The fourth-order valence-corrected chi connectivity index (χ4v) is 1.29. The summed E-state index contributed by atoms with van der Waals surface area (Å²) in [6.07, 6.45) is -2.35. The maximum atomic E-state index is 11.6. The number of carbonyl (C=O) groups excluding carboxylic acids is 3. The second-order valence-corrected chi connectivity index (χ2v) is 3.93. The highest BCUT2D eigenvalue weighted by molar-refractivity contribution is 5.88. The summed E-state index contributed by atoms with van der Waals surface area (Å²) in [7, 11) is 6.18. The number of hydrogen-bond acceptors (Lipinski definition) is 9. The van der Waals surface area contributed by atoms with Crippen LogP contribution in [0.4, 0.5) is 32.2 Å². The highest BCUT2D eigenvalue weighted by Crippen LogP contribution is 2.16. The number of anilines is 3. The summed E-state index contributed by atoms with van der Waals surface area (Å²) >= 11 is 0. The van der Waals surface area contributed by atoms with Gasteiger partial charge in [0.1, 0.15) is 0 Å². The Hall–Kier alpha value is -3.18. The van der Waals surface area contributed by atoms with Crippen LogP contribution in [0.25, 0.3) is 0 Å². The average Bonchev–Trinajstić information content (AvgIpc) is 2.58. The fourth-order valence-electron chi connectivity index (χ4n) is 1.29. The lowest BCUT2D eigenvalue weighted by molar-refractivity contribution is 0.179. The van der Waals surface area contributed by atoms with E-state index < -0.39 is 18.3 Å². The highest BCUT2D eigenvalue weighted by Gasteiger charge is 2.21. The molecule has 0 saturated heterocycles. The van der Waals surface area contributed by atoms with Crippen molar-refractivity contribution in [3.05, 3.63) is 0 Å². The van der Waals surface area contributed by atoms with Gasteiger partial charge in [-0.3, -0.25) is 5.32 Å². The van der Waals surface area contributed by atoms with E-state index in [1.54, 1.807) is 0 Å². The van der Waals surface area contributed by atoms with Crippen LogP contribution >= 0.6 is 0 Å². The van der Waals surface area contributed by atoms with Gasteiger partial charge in [0.15, 0.2) is 0 Å². The van der Waals surface area contributed by atoms with Gasteiger partial charge in [-0.1, -0.05) is 0 Å². The molecule has 0 atom stereocenters. The molecule has 1 heterocycles. The first-order valence-electron chi connectivity index (χ1n) is 6.08. The Balaban J connectivity index is 3.29. The molecule has 12 nitrogen and oxygen atoms in total. The molecule has 0 aliphatic carbocycles. The Morgan fingerprint density at radius 3 is 1.61 bits per heavy atom. The van der Waals surface area contributed by atoms with Gasteiger partial charge in [0, 0.05) is 14.1 Å². The smallest absolute Gasteiger partial charge is 0.416 e. The lowest BCUT2D eigenvalue weighted by Gasteiger charge is -2.18. The van der Waals surface area contributed by atoms with Crippen LogP contribution in [0.3, 0.4) is 0 Å². The molecule has 3 amide bonds. The van der Waals surface area contributed by atoms with Crippen LogP contribution in [-0.4, -0.2) is 68.7 Å². The molecule has 0 radical (unpaired) electrons. The van der Waals surface area contributed by atoms with Crippen LogP contribution in [0.1, 0.15) is 0 Å². The molecule has 0 aromatic carbocycles. The molecule has 1 aromatic heterocycles. The van der Waals surface area contributed by atoms with E-state index in [4.69, 9.17) is 0 Å². The zero-order valence-corrected chi connectivity index (χ0v) is 13.2. The van der Waals surface area contributed by atoms with Gasteiger partial charge in [0.05, 0.1) is 21.3 Å². The van der Waals surface area contributed by atoms with Crippen molar-refractivity contribution in [3.63, 3.8) is 0 Å². The van der Waals surface area contributed by atoms with E-state index in [0.29, 0.717) is 0 Å². The molecule has 0 spiro atoms. The fraction of sp³-hybridized carbons (Fsp3) is 0.455. The molecule has 126 valence electrons. The molecule has 1 aromatic rings. The normalized spacial score (nSPS) is 9.61. The molecule has 1 N–H and O–H groups in total. The minimum absolute atomic E-state index is 0.163. The third-order valence-electron chi connectivity index (χ3n) is 2.51. The first-order valence-corrected chi connectivity index (χ1v) is 6.08. The number of amides is 3. The number of nitrogens with one attached hydrogen (secondary N) is 1. The van der Waals surface area contributed by atoms with E-state index in [2.05, 4.69) is 34.5 Å². The molecule has 0 unspecified atom stereocenters. The molecule has 23 heavy (non-hydrogen) atoms. The predicted molar refractivity (Wildman–Crippen MR) is 77.5 cm³/mol.